The number of hydrogen-bond donors (Lipinski definition) is 0. The first-order chi connectivity index (χ1) is 10.6. The molecule has 2 aliphatic rings. The maximum absolute atomic E-state index is 5.83. The molecule has 3 heterocycles. The standard InChI is InChI=1S/C18H29N3O/c1-14-5-4-6-18(19-14)21-9-7-17(8-10-21)13-20-11-15(2)22-16(3)12-20/h4-6,15-17H,7-13H2,1-3H3. The average Bonchev–Trinajstić information content (AvgIpc) is 2.47. The van der Waals surface area contributed by atoms with Crippen molar-refractivity contribution in [3.05, 3.63) is 23.9 Å². The normalized spacial score (nSPS) is 28.0. The lowest BCUT2D eigenvalue weighted by atomic mass is 9.95. The monoisotopic (exact) mass is 303 g/mol. The van der Waals surface area contributed by atoms with Crippen molar-refractivity contribution in [2.24, 2.45) is 5.92 Å². The molecule has 2 fully saturated rings. The van der Waals surface area contributed by atoms with E-state index in [2.05, 4.69) is 53.8 Å². The quantitative estimate of drug-likeness (QED) is 0.858. The summed E-state index contributed by atoms with van der Waals surface area (Å²) in [7, 11) is 0. The molecule has 0 spiro atoms. The molecule has 2 saturated heterocycles. The number of pyridine rings is 1. The van der Waals surface area contributed by atoms with Gasteiger partial charge in [0.05, 0.1) is 12.2 Å². The highest BCUT2D eigenvalue weighted by Crippen LogP contribution is 2.24. The Hall–Kier alpha value is -1.13. The smallest absolute Gasteiger partial charge is 0.128 e. The van der Waals surface area contributed by atoms with Gasteiger partial charge in [-0.2, -0.15) is 0 Å². The Morgan fingerprint density at radius 2 is 1.82 bits per heavy atom. The van der Waals surface area contributed by atoms with Crippen LogP contribution in [0.15, 0.2) is 18.2 Å². The number of rotatable bonds is 3. The van der Waals surface area contributed by atoms with E-state index in [0.717, 1.165) is 43.6 Å². The number of anilines is 1. The molecule has 0 N–H and O–H groups in total. The van der Waals surface area contributed by atoms with E-state index in [4.69, 9.17) is 4.74 Å². The van der Waals surface area contributed by atoms with Crippen LogP contribution in [-0.4, -0.2) is 54.8 Å². The average molecular weight is 303 g/mol. The SMILES string of the molecule is Cc1cccc(N2CCC(CN3CC(C)OC(C)C3)CC2)n1. The highest BCUT2D eigenvalue weighted by Gasteiger charge is 2.26. The molecule has 22 heavy (non-hydrogen) atoms. The molecule has 4 nitrogen and oxygen atoms in total. The predicted octanol–water partition coefficient (Wildman–Crippen LogP) is 2.72. The van der Waals surface area contributed by atoms with Crippen molar-refractivity contribution in [3.63, 3.8) is 0 Å². The zero-order valence-electron chi connectivity index (χ0n) is 14.2. The highest BCUT2D eigenvalue weighted by atomic mass is 16.5. The lowest BCUT2D eigenvalue weighted by Crippen LogP contribution is -2.48. The molecule has 1 aromatic rings. The van der Waals surface area contributed by atoms with Gasteiger partial charge in [0.2, 0.25) is 0 Å². The topological polar surface area (TPSA) is 28.6 Å². The molecule has 122 valence electrons. The molecule has 1 aromatic heterocycles. The van der Waals surface area contributed by atoms with Crippen molar-refractivity contribution in [2.75, 3.05) is 37.6 Å². The van der Waals surface area contributed by atoms with Gasteiger partial charge in [0.15, 0.2) is 0 Å². The van der Waals surface area contributed by atoms with Crippen LogP contribution in [0.2, 0.25) is 0 Å². The van der Waals surface area contributed by atoms with E-state index in [1.807, 2.05) is 0 Å². The summed E-state index contributed by atoms with van der Waals surface area (Å²) in [4.78, 5) is 9.70. The van der Waals surface area contributed by atoms with E-state index >= 15 is 0 Å². The largest absolute Gasteiger partial charge is 0.373 e. The maximum Gasteiger partial charge on any atom is 0.128 e. The van der Waals surface area contributed by atoms with Crippen LogP contribution in [0, 0.1) is 12.8 Å². The summed E-state index contributed by atoms with van der Waals surface area (Å²) in [5.41, 5.74) is 1.11. The second-order valence-electron chi connectivity index (χ2n) is 7.04. The minimum absolute atomic E-state index is 0.375. The van der Waals surface area contributed by atoms with E-state index in [0.29, 0.717) is 12.2 Å². The van der Waals surface area contributed by atoms with Gasteiger partial charge in [0, 0.05) is 38.4 Å². The van der Waals surface area contributed by atoms with Crippen LogP contribution < -0.4 is 4.90 Å². The highest BCUT2D eigenvalue weighted by molar-refractivity contribution is 5.39. The van der Waals surface area contributed by atoms with E-state index in [9.17, 15) is 0 Å². The minimum atomic E-state index is 0.375. The van der Waals surface area contributed by atoms with Gasteiger partial charge >= 0.3 is 0 Å². The van der Waals surface area contributed by atoms with Crippen LogP contribution in [0.1, 0.15) is 32.4 Å². The summed E-state index contributed by atoms with van der Waals surface area (Å²) in [6, 6.07) is 6.32. The van der Waals surface area contributed by atoms with E-state index in [-0.39, 0.29) is 0 Å². The number of ether oxygens (including phenoxy) is 1. The van der Waals surface area contributed by atoms with Gasteiger partial charge in [0.25, 0.3) is 0 Å². The number of piperidine rings is 1. The number of aryl methyl sites for hydroxylation is 1. The van der Waals surface area contributed by atoms with Gasteiger partial charge in [0.1, 0.15) is 5.82 Å². The second kappa shape index (κ2) is 6.97. The summed E-state index contributed by atoms with van der Waals surface area (Å²) in [5, 5.41) is 0. The first kappa shape index (κ1) is 15.8. The molecule has 0 aliphatic carbocycles. The first-order valence-corrected chi connectivity index (χ1v) is 8.66. The summed E-state index contributed by atoms with van der Waals surface area (Å²) in [6.45, 7) is 12.1. The molecule has 0 saturated carbocycles. The van der Waals surface area contributed by atoms with Gasteiger partial charge < -0.3 is 9.64 Å². The zero-order valence-corrected chi connectivity index (χ0v) is 14.2. The summed E-state index contributed by atoms with van der Waals surface area (Å²) in [5.74, 6) is 1.96. The fraction of sp³-hybridized carbons (Fsp3) is 0.722. The molecule has 0 bridgehead atoms. The van der Waals surface area contributed by atoms with Crippen molar-refractivity contribution in [2.45, 2.75) is 45.8 Å². The van der Waals surface area contributed by atoms with Crippen LogP contribution in [0.5, 0.6) is 0 Å². The summed E-state index contributed by atoms with van der Waals surface area (Å²) >= 11 is 0. The summed E-state index contributed by atoms with van der Waals surface area (Å²) in [6.07, 6.45) is 3.30. The molecule has 0 amide bonds. The number of morpholine rings is 1. The fourth-order valence-corrected chi connectivity index (χ4v) is 3.85. The van der Waals surface area contributed by atoms with Gasteiger partial charge in [-0.05, 0) is 51.7 Å². The van der Waals surface area contributed by atoms with Gasteiger partial charge in [-0.25, -0.2) is 4.98 Å². The Bertz CT molecular complexity index is 475. The molecule has 3 rings (SSSR count). The summed E-state index contributed by atoms with van der Waals surface area (Å²) < 4.78 is 5.83. The molecule has 2 aliphatic heterocycles. The van der Waals surface area contributed by atoms with Crippen LogP contribution in [0.3, 0.4) is 0 Å². The fourth-order valence-electron chi connectivity index (χ4n) is 3.85. The third-order valence-electron chi connectivity index (χ3n) is 4.82. The number of aromatic nitrogens is 1. The van der Waals surface area contributed by atoms with Crippen LogP contribution in [0.25, 0.3) is 0 Å². The molecular weight excluding hydrogens is 274 g/mol. The minimum Gasteiger partial charge on any atom is -0.373 e. The van der Waals surface area contributed by atoms with Crippen molar-refractivity contribution in [1.82, 2.24) is 9.88 Å². The van der Waals surface area contributed by atoms with Gasteiger partial charge in [-0.1, -0.05) is 6.07 Å². The molecule has 4 heteroatoms. The maximum atomic E-state index is 5.83. The third-order valence-corrected chi connectivity index (χ3v) is 4.82. The second-order valence-corrected chi connectivity index (χ2v) is 7.04. The van der Waals surface area contributed by atoms with Crippen LogP contribution in [0.4, 0.5) is 5.82 Å². The molecule has 0 radical (unpaired) electrons. The van der Waals surface area contributed by atoms with Crippen molar-refractivity contribution < 1.29 is 4.74 Å². The lowest BCUT2D eigenvalue weighted by Gasteiger charge is -2.39. The molecular formula is C18H29N3O. The van der Waals surface area contributed by atoms with E-state index < -0.39 is 0 Å². The van der Waals surface area contributed by atoms with E-state index in [1.54, 1.807) is 0 Å². The number of hydrogen-bond acceptors (Lipinski definition) is 4. The van der Waals surface area contributed by atoms with Gasteiger partial charge in [-0.3, -0.25) is 4.90 Å². The molecule has 0 aromatic carbocycles. The molecule has 2 atom stereocenters. The van der Waals surface area contributed by atoms with Crippen LogP contribution in [-0.2, 0) is 4.74 Å². The molecule has 2 unspecified atom stereocenters. The van der Waals surface area contributed by atoms with Crippen molar-refractivity contribution in [1.29, 1.82) is 0 Å². The Morgan fingerprint density at radius 1 is 1.14 bits per heavy atom. The Morgan fingerprint density at radius 3 is 2.45 bits per heavy atom. The Balaban J connectivity index is 1.49. The van der Waals surface area contributed by atoms with Crippen molar-refractivity contribution in [3.8, 4) is 0 Å². The Labute approximate surface area is 134 Å². The predicted molar refractivity (Wildman–Crippen MR) is 90.4 cm³/mol. The third kappa shape index (κ3) is 3.99. The first-order valence-electron chi connectivity index (χ1n) is 8.66. The van der Waals surface area contributed by atoms with Crippen molar-refractivity contribution >= 4 is 5.82 Å². The van der Waals surface area contributed by atoms with Crippen LogP contribution >= 0.6 is 0 Å². The zero-order chi connectivity index (χ0) is 15.5. The van der Waals surface area contributed by atoms with E-state index in [1.165, 1.54) is 19.4 Å². The van der Waals surface area contributed by atoms with Gasteiger partial charge in [-0.15, -0.1) is 0 Å². The number of nitrogens with zero attached hydrogens (tertiary/aromatic N) is 3. The lowest BCUT2D eigenvalue weighted by molar-refractivity contribution is -0.0720. The Kier molecular flexibility index (Phi) is 4.99.